The quantitative estimate of drug-likeness (QED) is 0.655. The average Bonchev–Trinajstić information content (AvgIpc) is 3.04. The van der Waals surface area contributed by atoms with Crippen LogP contribution in [-0.2, 0) is 4.79 Å². The van der Waals surface area contributed by atoms with E-state index in [4.69, 9.17) is 4.74 Å². The third-order valence-electron chi connectivity index (χ3n) is 5.85. The number of ether oxygens (including phenoxy) is 1. The van der Waals surface area contributed by atoms with Gasteiger partial charge in [0.15, 0.2) is 5.50 Å². The first kappa shape index (κ1) is 19.9. The number of benzene rings is 2. The predicted octanol–water partition coefficient (Wildman–Crippen LogP) is 5.59. The molecule has 3 atom stereocenters. The van der Waals surface area contributed by atoms with Crippen LogP contribution in [0.1, 0.15) is 38.2 Å². The monoisotopic (exact) mass is 408 g/mol. The first-order valence-corrected chi connectivity index (χ1v) is 11.2. The van der Waals surface area contributed by atoms with E-state index in [0.29, 0.717) is 5.92 Å². The van der Waals surface area contributed by atoms with Crippen LogP contribution in [0, 0.1) is 5.92 Å². The van der Waals surface area contributed by atoms with Crippen LogP contribution in [0.3, 0.4) is 0 Å². The summed E-state index contributed by atoms with van der Waals surface area (Å²) in [6.07, 6.45) is 6.67. The third-order valence-corrected chi connectivity index (χ3v) is 6.96. The van der Waals surface area contributed by atoms with E-state index in [9.17, 15) is 4.79 Å². The Morgan fingerprint density at radius 2 is 1.79 bits per heavy atom. The molecule has 1 aliphatic carbocycles. The molecule has 4 nitrogen and oxygen atoms in total. The number of amides is 1. The summed E-state index contributed by atoms with van der Waals surface area (Å²) in [7, 11) is 1.66. The summed E-state index contributed by atoms with van der Waals surface area (Å²) in [5, 5.41) is 3.58. The van der Waals surface area contributed by atoms with E-state index in [1.165, 1.54) is 19.3 Å². The minimum Gasteiger partial charge on any atom is -0.496 e. The average molecular weight is 409 g/mol. The molecule has 1 unspecified atom stereocenters. The molecule has 2 aromatic rings. The van der Waals surface area contributed by atoms with Gasteiger partial charge < -0.3 is 15.0 Å². The van der Waals surface area contributed by atoms with Gasteiger partial charge in [-0.25, -0.2) is 0 Å². The fourth-order valence-electron chi connectivity index (χ4n) is 4.29. The minimum atomic E-state index is -0.101. The third kappa shape index (κ3) is 4.30. The van der Waals surface area contributed by atoms with Gasteiger partial charge in [0.05, 0.1) is 12.0 Å². The number of anilines is 1. The molecule has 0 radical (unpaired) electrons. The van der Waals surface area contributed by atoms with E-state index in [-0.39, 0.29) is 17.4 Å². The van der Waals surface area contributed by atoms with Crippen molar-refractivity contribution in [2.75, 3.05) is 12.4 Å². The highest BCUT2D eigenvalue weighted by atomic mass is 32.2. The minimum absolute atomic E-state index is 0.101. The van der Waals surface area contributed by atoms with Gasteiger partial charge in [0.25, 0.3) is 5.91 Å². The maximum atomic E-state index is 13.5. The summed E-state index contributed by atoms with van der Waals surface area (Å²) in [6.45, 7) is 2.28. The molecule has 1 aliphatic heterocycles. The number of thioether (sulfide) groups is 1. The topological polar surface area (TPSA) is 41.6 Å². The largest absolute Gasteiger partial charge is 0.496 e. The summed E-state index contributed by atoms with van der Waals surface area (Å²) in [5.74, 6) is 1.41. The molecular formula is C24H28N2O2S. The van der Waals surface area contributed by atoms with Crippen molar-refractivity contribution in [2.45, 2.75) is 44.1 Å². The molecule has 1 saturated carbocycles. The molecule has 0 bridgehead atoms. The number of rotatable bonds is 5. The SMILES string of the molecule is COc1ccccc1/C=C1\SC(Nc2ccccc2)N([C@@H]2CCCC[C@H]2C)C1=O. The van der Waals surface area contributed by atoms with E-state index in [1.807, 2.05) is 48.5 Å². The van der Waals surface area contributed by atoms with Crippen molar-refractivity contribution >= 4 is 29.4 Å². The Morgan fingerprint density at radius 1 is 1.07 bits per heavy atom. The van der Waals surface area contributed by atoms with E-state index in [2.05, 4.69) is 29.3 Å². The molecule has 1 saturated heterocycles. The van der Waals surface area contributed by atoms with Gasteiger partial charge in [-0.15, -0.1) is 0 Å². The highest BCUT2D eigenvalue weighted by Gasteiger charge is 2.42. The van der Waals surface area contributed by atoms with Crippen LogP contribution in [-0.4, -0.2) is 29.5 Å². The number of carbonyl (C=O) groups is 1. The molecule has 1 N–H and O–H groups in total. The lowest BCUT2D eigenvalue weighted by Gasteiger charge is -2.39. The molecule has 1 heterocycles. The maximum absolute atomic E-state index is 13.5. The number of carbonyl (C=O) groups excluding carboxylic acids is 1. The second kappa shape index (κ2) is 8.95. The van der Waals surface area contributed by atoms with Crippen molar-refractivity contribution < 1.29 is 9.53 Å². The molecule has 2 fully saturated rings. The van der Waals surface area contributed by atoms with Gasteiger partial charge in [-0.1, -0.05) is 67.9 Å². The van der Waals surface area contributed by atoms with E-state index in [1.54, 1.807) is 18.9 Å². The lowest BCUT2D eigenvalue weighted by atomic mass is 9.85. The molecule has 0 aromatic heterocycles. The lowest BCUT2D eigenvalue weighted by Crippen LogP contribution is -2.48. The highest BCUT2D eigenvalue weighted by Crippen LogP contribution is 2.42. The van der Waals surface area contributed by atoms with Crippen molar-refractivity contribution in [3.8, 4) is 5.75 Å². The zero-order chi connectivity index (χ0) is 20.2. The number of para-hydroxylation sites is 2. The number of methoxy groups -OCH3 is 1. The van der Waals surface area contributed by atoms with Crippen LogP contribution in [0.5, 0.6) is 5.75 Å². The molecule has 0 spiro atoms. The lowest BCUT2D eigenvalue weighted by molar-refractivity contribution is -0.129. The van der Waals surface area contributed by atoms with E-state index >= 15 is 0 Å². The van der Waals surface area contributed by atoms with Crippen LogP contribution < -0.4 is 10.1 Å². The molecular weight excluding hydrogens is 380 g/mol. The van der Waals surface area contributed by atoms with Gasteiger partial charge in [-0.3, -0.25) is 4.79 Å². The first-order chi connectivity index (χ1) is 14.2. The molecule has 152 valence electrons. The normalized spacial score (nSPS) is 26.0. The van der Waals surface area contributed by atoms with Crippen molar-refractivity contribution in [2.24, 2.45) is 5.92 Å². The summed E-state index contributed by atoms with van der Waals surface area (Å²) in [4.78, 5) is 16.4. The number of hydrogen-bond donors (Lipinski definition) is 1. The second-order valence-electron chi connectivity index (χ2n) is 7.77. The molecule has 2 aliphatic rings. The van der Waals surface area contributed by atoms with Gasteiger partial charge in [-0.05, 0) is 43.0 Å². The Hall–Kier alpha value is -2.40. The fourth-order valence-corrected chi connectivity index (χ4v) is 5.50. The smallest absolute Gasteiger partial charge is 0.262 e. The standard InChI is InChI=1S/C24H28N2O2S/c1-17-10-6-8-14-20(17)26-23(27)22(16-18-11-7-9-15-21(18)28-2)29-24(26)25-19-12-4-3-5-13-19/h3-5,7,9,11-13,15-17,20,24-25H,6,8,10,14H2,1-2H3/b22-16-/t17-,20-,24?/m1/s1. The zero-order valence-corrected chi connectivity index (χ0v) is 17.8. The van der Waals surface area contributed by atoms with Crippen LogP contribution >= 0.6 is 11.8 Å². The van der Waals surface area contributed by atoms with Crippen molar-refractivity contribution in [3.05, 3.63) is 65.1 Å². The van der Waals surface area contributed by atoms with Gasteiger partial charge in [0.2, 0.25) is 0 Å². The molecule has 1 amide bonds. The Bertz CT molecular complexity index is 883. The number of nitrogens with one attached hydrogen (secondary N) is 1. The summed E-state index contributed by atoms with van der Waals surface area (Å²) >= 11 is 1.60. The highest BCUT2D eigenvalue weighted by molar-refractivity contribution is 8.05. The van der Waals surface area contributed by atoms with E-state index in [0.717, 1.165) is 28.3 Å². The number of hydrogen-bond acceptors (Lipinski definition) is 4. The Balaban J connectivity index is 1.66. The Kier molecular flexibility index (Phi) is 6.14. The number of nitrogens with zero attached hydrogens (tertiary/aromatic N) is 1. The van der Waals surface area contributed by atoms with E-state index < -0.39 is 0 Å². The second-order valence-corrected chi connectivity index (χ2v) is 8.89. The van der Waals surface area contributed by atoms with Crippen LogP contribution in [0.15, 0.2) is 59.5 Å². The molecule has 5 heteroatoms. The molecule has 4 rings (SSSR count). The van der Waals surface area contributed by atoms with Gasteiger partial charge in [0, 0.05) is 17.3 Å². The zero-order valence-electron chi connectivity index (χ0n) is 17.0. The van der Waals surface area contributed by atoms with Crippen molar-refractivity contribution in [1.29, 1.82) is 0 Å². The summed E-state index contributed by atoms with van der Waals surface area (Å²) in [6, 6.07) is 18.2. The first-order valence-electron chi connectivity index (χ1n) is 10.3. The Labute approximate surface area is 177 Å². The predicted molar refractivity (Wildman–Crippen MR) is 121 cm³/mol. The van der Waals surface area contributed by atoms with Crippen molar-refractivity contribution in [1.82, 2.24) is 4.90 Å². The summed E-state index contributed by atoms with van der Waals surface area (Å²) in [5.41, 5.74) is 1.86. The summed E-state index contributed by atoms with van der Waals surface area (Å²) < 4.78 is 5.48. The van der Waals surface area contributed by atoms with Crippen LogP contribution in [0.4, 0.5) is 5.69 Å². The molecule has 29 heavy (non-hydrogen) atoms. The molecule has 2 aromatic carbocycles. The van der Waals surface area contributed by atoms with Gasteiger partial charge in [0.1, 0.15) is 5.75 Å². The maximum Gasteiger partial charge on any atom is 0.262 e. The van der Waals surface area contributed by atoms with Gasteiger partial charge in [-0.2, -0.15) is 0 Å². The van der Waals surface area contributed by atoms with Crippen molar-refractivity contribution in [3.63, 3.8) is 0 Å². The Morgan fingerprint density at radius 3 is 2.55 bits per heavy atom. The van der Waals surface area contributed by atoms with Crippen LogP contribution in [0.25, 0.3) is 6.08 Å². The fraction of sp³-hybridized carbons (Fsp3) is 0.375. The van der Waals surface area contributed by atoms with Crippen LogP contribution in [0.2, 0.25) is 0 Å². The van der Waals surface area contributed by atoms with Gasteiger partial charge >= 0.3 is 0 Å².